The van der Waals surface area contributed by atoms with Gasteiger partial charge in [-0.15, -0.1) is 0 Å². The molecule has 104 valence electrons. The van der Waals surface area contributed by atoms with E-state index in [1.807, 2.05) is 6.20 Å². The van der Waals surface area contributed by atoms with Crippen molar-refractivity contribution in [2.24, 2.45) is 0 Å². The minimum Gasteiger partial charge on any atom is -0.310 e. The van der Waals surface area contributed by atoms with Gasteiger partial charge in [-0.2, -0.15) is 0 Å². The van der Waals surface area contributed by atoms with Crippen molar-refractivity contribution in [2.75, 3.05) is 6.54 Å². The summed E-state index contributed by atoms with van der Waals surface area (Å²) in [4.78, 5) is 17.5. The Morgan fingerprint density at radius 2 is 2.20 bits per heavy atom. The maximum absolute atomic E-state index is 4.69. The summed E-state index contributed by atoms with van der Waals surface area (Å²) in [6.45, 7) is 3.22. The number of hydrogen-bond acceptors (Lipinski definition) is 5. The summed E-state index contributed by atoms with van der Waals surface area (Å²) in [6.07, 6.45) is 11.5. The van der Waals surface area contributed by atoms with Crippen LogP contribution >= 0.6 is 0 Å². The Bertz CT molecular complexity index is 570. The molecule has 2 heterocycles. The molecule has 0 spiro atoms. The molecule has 5 nitrogen and oxygen atoms in total. The van der Waals surface area contributed by atoms with E-state index in [0.29, 0.717) is 11.9 Å². The highest BCUT2D eigenvalue weighted by atomic mass is 15.0. The maximum atomic E-state index is 4.69. The summed E-state index contributed by atoms with van der Waals surface area (Å²) >= 11 is 0. The highest BCUT2D eigenvalue weighted by molar-refractivity contribution is 5.47. The van der Waals surface area contributed by atoms with Crippen LogP contribution in [0.15, 0.2) is 24.8 Å². The molecule has 0 bridgehead atoms. The van der Waals surface area contributed by atoms with Gasteiger partial charge < -0.3 is 5.32 Å². The zero-order valence-corrected chi connectivity index (χ0v) is 11.7. The third kappa shape index (κ3) is 2.67. The van der Waals surface area contributed by atoms with Crippen LogP contribution in [0.3, 0.4) is 0 Å². The van der Waals surface area contributed by atoms with Crippen molar-refractivity contribution in [1.82, 2.24) is 25.3 Å². The van der Waals surface area contributed by atoms with Gasteiger partial charge in [-0.25, -0.2) is 15.0 Å². The van der Waals surface area contributed by atoms with Crippen molar-refractivity contribution in [3.8, 4) is 11.5 Å². The van der Waals surface area contributed by atoms with E-state index in [0.717, 1.165) is 30.8 Å². The molecule has 3 rings (SSSR count). The lowest BCUT2D eigenvalue weighted by atomic mass is 9.92. The molecule has 0 radical (unpaired) electrons. The molecule has 0 fully saturated rings. The van der Waals surface area contributed by atoms with Gasteiger partial charge in [0.15, 0.2) is 5.82 Å². The van der Waals surface area contributed by atoms with Gasteiger partial charge in [-0.1, -0.05) is 6.92 Å². The van der Waals surface area contributed by atoms with E-state index in [1.165, 1.54) is 18.4 Å². The molecule has 0 aliphatic heterocycles. The molecule has 1 atom stereocenters. The Morgan fingerprint density at radius 3 is 3.00 bits per heavy atom. The van der Waals surface area contributed by atoms with Crippen LogP contribution in [0.2, 0.25) is 0 Å². The predicted octanol–water partition coefficient (Wildman–Crippen LogP) is 2.31. The van der Waals surface area contributed by atoms with E-state index < -0.39 is 0 Å². The van der Waals surface area contributed by atoms with Crippen LogP contribution in [0.1, 0.15) is 43.5 Å². The Morgan fingerprint density at radius 1 is 1.25 bits per heavy atom. The predicted molar refractivity (Wildman–Crippen MR) is 77.0 cm³/mol. The van der Waals surface area contributed by atoms with Crippen LogP contribution < -0.4 is 5.32 Å². The molecule has 1 aliphatic carbocycles. The average Bonchev–Trinajstić information content (AvgIpc) is 2.53. The van der Waals surface area contributed by atoms with Crippen LogP contribution in [0.4, 0.5) is 0 Å². The molecule has 0 amide bonds. The van der Waals surface area contributed by atoms with Gasteiger partial charge in [0.1, 0.15) is 5.69 Å². The van der Waals surface area contributed by atoms with Crippen molar-refractivity contribution in [1.29, 1.82) is 0 Å². The van der Waals surface area contributed by atoms with Crippen LogP contribution in [-0.4, -0.2) is 26.5 Å². The van der Waals surface area contributed by atoms with Crippen molar-refractivity contribution in [3.05, 3.63) is 36.0 Å². The first-order valence-corrected chi connectivity index (χ1v) is 7.24. The molecular formula is C15H19N5. The molecule has 1 N–H and O–H groups in total. The molecule has 20 heavy (non-hydrogen) atoms. The van der Waals surface area contributed by atoms with Gasteiger partial charge in [0.2, 0.25) is 0 Å². The Hall–Kier alpha value is -1.88. The molecule has 1 unspecified atom stereocenters. The molecule has 0 saturated heterocycles. The fourth-order valence-electron chi connectivity index (χ4n) is 2.62. The van der Waals surface area contributed by atoms with Crippen molar-refractivity contribution in [3.63, 3.8) is 0 Å². The summed E-state index contributed by atoms with van der Waals surface area (Å²) in [6, 6.07) is 0.398. The standard InChI is InChI=1S/C15H19N5/c1-2-6-17-12-4-3-5-13-11(12)9-19-15(20-13)14-10-16-7-8-18-14/h7-10,12,17H,2-6H2,1H3. The SMILES string of the molecule is CCCNC1CCCc2nc(-c3cnccn3)ncc21. The van der Waals surface area contributed by atoms with E-state index in [4.69, 9.17) is 0 Å². The van der Waals surface area contributed by atoms with E-state index in [9.17, 15) is 0 Å². The first kappa shape index (κ1) is 13.1. The summed E-state index contributed by atoms with van der Waals surface area (Å²) in [5, 5.41) is 3.58. The molecule has 0 aromatic carbocycles. The van der Waals surface area contributed by atoms with Gasteiger partial charge in [0.25, 0.3) is 0 Å². The van der Waals surface area contributed by atoms with Crippen LogP contribution in [0, 0.1) is 0 Å². The fourth-order valence-corrected chi connectivity index (χ4v) is 2.62. The number of fused-ring (bicyclic) bond motifs is 1. The van der Waals surface area contributed by atoms with Gasteiger partial charge in [-0.05, 0) is 32.2 Å². The second-order valence-corrected chi connectivity index (χ2v) is 5.09. The minimum atomic E-state index is 0.398. The number of nitrogens with one attached hydrogen (secondary N) is 1. The lowest BCUT2D eigenvalue weighted by Gasteiger charge is -2.25. The number of rotatable bonds is 4. The quantitative estimate of drug-likeness (QED) is 0.922. The number of nitrogens with zero attached hydrogens (tertiary/aromatic N) is 4. The smallest absolute Gasteiger partial charge is 0.179 e. The van der Waals surface area contributed by atoms with Crippen molar-refractivity contribution < 1.29 is 0 Å². The van der Waals surface area contributed by atoms with Gasteiger partial charge in [-0.3, -0.25) is 4.98 Å². The van der Waals surface area contributed by atoms with E-state index in [2.05, 4.69) is 32.2 Å². The van der Waals surface area contributed by atoms with Crippen molar-refractivity contribution in [2.45, 2.75) is 38.6 Å². The third-order valence-electron chi connectivity index (χ3n) is 3.61. The lowest BCUT2D eigenvalue weighted by molar-refractivity contribution is 0.453. The highest BCUT2D eigenvalue weighted by Crippen LogP contribution is 2.29. The zero-order valence-electron chi connectivity index (χ0n) is 11.7. The number of aryl methyl sites for hydroxylation is 1. The third-order valence-corrected chi connectivity index (χ3v) is 3.61. The average molecular weight is 269 g/mol. The molecule has 2 aromatic heterocycles. The summed E-state index contributed by atoms with van der Waals surface area (Å²) in [5.74, 6) is 0.674. The summed E-state index contributed by atoms with van der Waals surface area (Å²) in [5.41, 5.74) is 3.14. The molecule has 5 heteroatoms. The minimum absolute atomic E-state index is 0.398. The van der Waals surface area contributed by atoms with Crippen LogP contribution in [0.25, 0.3) is 11.5 Å². The van der Waals surface area contributed by atoms with Crippen LogP contribution in [-0.2, 0) is 6.42 Å². The largest absolute Gasteiger partial charge is 0.310 e. The number of aromatic nitrogens is 4. The Balaban J connectivity index is 1.89. The van der Waals surface area contributed by atoms with Crippen molar-refractivity contribution >= 4 is 0 Å². The topological polar surface area (TPSA) is 63.6 Å². The fraction of sp³-hybridized carbons (Fsp3) is 0.467. The Kier molecular flexibility index (Phi) is 3.97. The first-order chi connectivity index (χ1) is 9.88. The van der Waals surface area contributed by atoms with E-state index >= 15 is 0 Å². The molecule has 1 aliphatic rings. The molecular weight excluding hydrogens is 250 g/mol. The summed E-state index contributed by atoms with van der Waals surface area (Å²) < 4.78 is 0. The van der Waals surface area contributed by atoms with Gasteiger partial charge in [0.05, 0.1) is 6.20 Å². The monoisotopic (exact) mass is 269 g/mol. The van der Waals surface area contributed by atoms with E-state index in [1.54, 1.807) is 18.6 Å². The second kappa shape index (κ2) is 6.05. The highest BCUT2D eigenvalue weighted by Gasteiger charge is 2.21. The maximum Gasteiger partial charge on any atom is 0.179 e. The molecule has 2 aromatic rings. The first-order valence-electron chi connectivity index (χ1n) is 7.24. The normalized spacial score (nSPS) is 17.8. The summed E-state index contributed by atoms with van der Waals surface area (Å²) in [7, 11) is 0. The lowest BCUT2D eigenvalue weighted by Crippen LogP contribution is -2.26. The zero-order chi connectivity index (χ0) is 13.8. The van der Waals surface area contributed by atoms with Gasteiger partial charge in [0, 0.05) is 35.9 Å². The molecule has 0 saturated carbocycles. The van der Waals surface area contributed by atoms with Gasteiger partial charge >= 0.3 is 0 Å². The Labute approximate surface area is 118 Å². The van der Waals surface area contributed by atoms with E-state index in [-0.39, 0.29) is 0 Å². The van der Waals surface area contributed by atoms with Crippen LogP contribution in [0.5, 0.6) is 0 Å². The second-order valence-electron chi connectivity index (χ2n) is 5.09. The number of hydrogen-bond donors (Lipinski definition) is 1.